The zero-order chi connectivity index (χ0) is 21.0. The summed E-state index contributed by atoms with van der Waals surface area (Å²) in [6, 6.07) is 10.5. The zero-order valence-corrected chi connectivity index (χ0v) is 17.1. The second-order valence-electron chi connectivity index (χ2n) is 7.07. The molecule has 0 aliphatic heterocycles. The molecule has 0 radical (unpaired) electrons. The molecular weight excluding hydrogens is 392 g/mol. The van der Waals surface area contributed by atoms with Gasteiger partial charge in [-0.25, -0.2) is 8.42 Å². The molecule has 0 bridgehead atoms. The summed E-state index contributed by atoms with van der Waals surface area (Å²) in [5.74, 6) is -0.525. The van der Waals surface area contributed by atoms with E-state index < -0.39 is 16.1 Å². The number of nitrogens with zero attached hydrogens (tertiary/aromatic N) is 2. The van der Waals surface area contributed by atoms with Crippen LogP contribution in [-0.2, 0) is 26.2 Å². The lowest BCUT2D eigenvalue weighted by Crippen LogP contribution is -2.47. The molecule has 29 heavy (non-hydrogen) atoms. The van der Waals surface area contributed by atoms with Gasteiger partial charge in [-0.2, -0.15) is 4.72 Å². The lowest BCUT2D eigenvalue weighted by Gasteiger charge is -2.26. The quantitative estimate of drug-likeness (QED) is 0.683. The summed E-state index contributed by atoms with van der Waals surface area (Å²) in [4.78, 5) is 30.0. The van der Waals surface area contributed by atoms with E-state index in [1.165, 1.54) is 31.2 Å². The van der Waals surface area contributed by atoms with Crippen LogP contribution in [0.5, 0.6) is 0 Å². The van der Waals surface area contributed by atoms with Gasteiger partial charge in [0.1, 0.15) is 0 Å². The summed E-state index contributed by atoms with van der Waals surface area (Å²) in [5, 5.41) is 2.58. The number of benzene rings is 1. The normalized spacial score (nSPS) is 14.8. The van der Waals surface area contributed by atoms with Gasteiger partial charge in [0, 0.05) is 24.8 Å². The second-order valence-corrected chi connectivity index (χ2v) is 8.78. The van der Waals surface area contributed by atoms with Crippen molar-refractivity contribution in [2.45, 2.75) is 50.2 Å². The molecular formula is C20H24N4O4S. The largest absolute Gasteiger partial charge is 0.332 e. The van der Waals surface area contributed by atoms with Gasteiger partial charge in [-0.05, 0) is 56.2 Å². The Kier molecular flexibility index (Phi) is 6.29. The summed E-state index contributed by atoms with van der Waals surface area (Å²) < 4.78 is 27.8. The third kappa shape index (κ3) is 5.61. The van der Waals surface area contributed by atoms with Crippen molar-refractivity contribution in [3.05, 3.63) is 54.4 Å². The summed E-state index contributed by atoms with van der Waals surface area (Å²) in [7, 11) is -3.89. The van der Waals surface area contributed by atoms with Crippen LogP contribution in [0.15, 0.2) is 53.6 Å². The van der Waals surface area contributed by atoms with Crippen molar-refractivity contribution in [3.63, 3.8) is 0 Å². The van der Waals surface area contributed by atoms with Gasteiger partial charge in [-0.3, -0.25) is 14.6 Å². The van der Waals surface area contributed by atoms with E-state index in [-0.39, 0.29) is 22.8 Å². The molecule has 2 amide bonds. The molecule has 2 N–H and O–H groups in total. The standard InChI is InChI=1S/C20H24N4O4S/c1-14(20(26)24(18-8-9-18)13-17-5-3-4-12-21-17)23-29(27,28)19-10-6-16(7-11-19)22-15(2)25/h3-7,10-12,14,18,23H,8-9,13H2,1-2H3,(H,22,25)/t14-/m0/s1. The smallest absolute Gasteiger partial charge is 0.241 e. The first kappa shape index (κ1) is 20.9. The Morgan fingerprint density at radius 3 is 2.41 bits per heavy atom. The average molecular weight is 417 g/mol. The number of carbonyl (C=O) groups is 2. The van der Waals surface area contributed by atoms with Gasteiger partial charge in [0.05, 0.1) is 23.2 Å². The molecule has 0 unspecified atom stereocenters. The van der Waals surface area contributed by atoms with E-state index in [4.69, 9.17) is 0 Å². The van der Waals surface area contributed by atoms with E-state index in [0.29, 0.717) is 12.2 Å². The number of sulfonamides is 1. The van der Waals surface area contributed by atoms with Crippen molar-refractivity contribution >= 4 is 27.5 Å². The fourth-order valence-electron chi connectivity index (χ4n) is 2.96. The van der Waals surface area contributed by atoms with Crippen molar-refractivity contribution in [1.29, 1.82) is 0 Å². The highest BCUT2D eigenvalue weighted by atomic mass is 32.2. The highest BCUT2D eigenvalue weighted by Gasteiger charge is 2.36. The summed E-state index contributed by atoms with van der Waals surface area (Å²) >= 11 is 0. The highest BCUT2D eigenvalue weighted by molar-refractivity contribution is 7.89. The van der Waals surface area contributed by atoms with Crippen LogP contribution in [0.2, 0.25) is 0 Å². The highest BCUT2D eigenvalue weighted by Crippen LogP contribution is 2.29. The van der Waals surface area contributed by atoms with Crippen molar-refractivity contribution < 1.29 is 18.0 Å². The van der Waals surface area contributed by atoms with Crippen LogP contribution in [0.4, 0.5) is 5.69 Å². The van der Waals surface area contributed by atoms with Crippen LogP contribution in [0.1, 0.15) is 32.4 Å². The number of hydrogen-bond donors (Lipinski definition) is 2. The average Bonchev–Trinajstić information content (AvgIpc) is 3.51. The molecule has 1 aromatic carbocycles. The van der Waals surface area contributed by atoms with Gasteiger partial charge in [0.25, 0.3) is 0 Å². The molecule has 1 atom stereocenters. The maximum absolute atomic E-state index is 12.9. The Hall–Kier alpha value is -2.78. The number of nitrogens with one attached hydrogen (secondary N) is 2. The number of pyridine rings is 1. The maximum Gasteiger partial charge on any atom is 0.241 e. The topological polar surface area (TPSA) is 108 Å². The van der Waals surface area contributed by atoms with Gasteiger partial charge in [0.15, 0.2) is 0 Å². The molecule has 1 aromatic heterocycles. The predicted octanol–water partition coefficient (Wildman–Crippen LogP) is 1.90. The van der Waals surface area contributed by atoms with Crippen LogP contribution < -0.4 is 10.0 Å². The lowest BCUT2D eigenvalue weighted by molar-refractivity contribution is -0.133. The lowest BCUT2D eigenvalue weighted by atomic mass is 10.2. The van der Waals surface area contributed by atoms with Crippen LogP contribution in [0.25, 0.3) is 0 Å². The van der Waals surface area contributed by atoms with Gasteiger partial charge < -0.3 is 10.2 Å². The first-order chi connectivity index (χ1) is 13.8. The van der Waals surface area contributed by atoms with Crippen LogP contribution in [-0.4, -0.2) is 42.2 Å². The van der Waals surface area contributed by atoms with Crippen LogP contribution >= 0.6 is 0 Å². The predicted molar refractivity (Wildman–Crippen MR) is 108 cm³/mol. The van der Waals surface area contributed by atoms with Crippen molar-refractivity contribution in [2.24, 2.45) is 0 Å². The van der Waals surface area contributed by atoms with Crippen molar-refractivity contribution in [1.82, 2.24) is 14.6 Å². The number of hydrogen-bond acceptors (Lipinski definition) is 5. The fourth-order valence-corrected chi connectivity index (χ4v) is 4.16. The fraction of sp³-hybridized carbons (Fsp3) is 0.350. The molecule has 9 heteroatoms. The number of carbonyl (C=O) groups excluding carboxylic acids is 2. The van der Waals surface area contributed by atoms with Crippen LogP contribution in [0, 0.1) is 0 Å². The Morgan fingerprint density at radius 2 is 1.86 bits per heavy atom. The first-order valence-corrected chi connectivity index (χ1v) is 10.8. The minimum absolute atomic E-state index is 0.0222. The number of anilines is 1. The van der Waals surface area contributed by atoms with E-state index >= 15 is 0 Å². The third-order valence-electron chi connectivity index (χ3n) is 4.52. The van der Waals surface area contributed by atoms with Gasteiger partial charge in [0.2, 0.25) is 21.8 Å². The Balaban J connectivity index is 1.69. The maximum atomic E-state index is 12.9. The van der Waals surface area contributed by atoms with E-state index in [1.807, 2.05) is 12.1 Å². The van der Waals surface area contributed by atoms with E-state index in [2.05, 4.69) is 15.0 Å². The molecule has 0 spiro atoms. The minimum atomic E-state index is -3.89. The van der Waals surface area contributed by atoms with Gasteiger partial charge in [-0.15, -0.1) is 0 Å². The molecule has 0 saturated heterocycles. The first-order valence-electron chi connectivity index (χ1n) is 9.36. The molecule has 1 aliphatic carbocycles. The minimum Gasteiger partial charge on any atom is -0.332 e. The summed E-state index contributed by atoms with van der Waals surface area (Å²) in [6.45, 7) is 3.26. The SMILES string of the molecule is CC(=O)Nc1ccc(S(=O)(=O)N[C@@H](C)C(=O)N(Cc2ccccn2)C2CC2)cc1. The van der Waals surface area contributed by atoms with Crippen molar-refractivity contribution in [2.75, 3.05) is 5.32 Å². The molecule has 154 valence electrons. The second kappa shape index (κ2) is 8.71. The summed E-state index contributed by atoms with van der Waals surface area (Å²) in [6.07, 6.45) is 3.48. The van der Waals surface area contributed by atoms with Crippen molar-refractivity contribution in [3.8, 4) is 0 Å². The Bertz CT molecular complexity index is 973. The van der Waals surface area contributed by atoms with E-state index in [1.54, 1.807) is 24.1 Å². The Morgan fingerprint density at radius 1 is 1.17 bits per heavy atom. The van der Waals surface area contributed by atoms with Gasteiger partial charge >= 0.3 is 0 Å². The number of amides is 2. The third-order valence-corrected chi connectivity index (χ3v) is 6.07. The molecule has 1 saturated carbocycles. The molecule has 8 nitrogen and oxygen atoms in total. The molecule has 2 aromatic rings. The zero-order valence-electron chi connectivity index (χ0n) is 16.3. The van der Waals surface area contributed by atoms with E-state index in [9.17, 15) is 18.0 Å². The van der Waals surface area contributed by atoms with Gasteiger partial charge in [-0.1, -0.05) is 6.07 Å². The molecule has 3 rings (SSSR count). The monoisotopic (exact) mass is 416 g/mol. The number of rotatable bonds is 8. The van der Waals surface area contributed by atoms with E-state index in [0.717, 1.165) is 18.5 Å². The molecule has 1 aliphatic rings. The Labute approximate surface area is 170 Å². The molecule has 1 heterocycles. The number of aromatic nitrogens is 1. The molecule has 1 fully saturated rings. The van der Waals surface area contributed by atoms with Crippen LogP contribution in [0.3, 0.4) is 0 Å². The summed E-state index contributed by atoms with van der Waals surface area (Å²) in [5.41, 5.74) is 1.26.